The van der Waals surface area contributed by atoms with Gasteiger partial charge in [-0.25, -0.2) is 0 Å². The van der Waals surface area contributed by atoms with E-state index in [9.17, 15) is 52.7 Å². The Kier molecular flexibility index (Phi) is 6.29. The molecule has 0 N–H and O–H groups in total. The number of hydrogen-bond acceptors (Lipinski definition) is 0. The van der Waals surface area contributed by atoms with Crippen molar-refractivity contribution in [3.05, 3.63) is 0 Å². The summed E-state index contributed by atoms with van der Waals surface area (Å²) in [5, 5.41) is 0. The lowest BCUT2D eigenvalue weighted by molar-refractivity contribution is -0.425. The van der Waals surface area contributed by atoms with Crippen molar-refractivity contribution >= 4 is 22.6 Å². The van der Waals surface area contributed by atoms with Gasteiger partial charge in [-0.05, 0) is 0 Å². The first kappa shape index (κ1) is 22.9. The molecule has 23 heavy (non-hydrogen) atoms. The van der Waals surface area contributed by atoms with Crippen molar-refractivity contribution in [2.45, 2.75) is 55.3 Å². The Balaban J connectivity index is 6.17. The Morgan fingerprint density at radius 2 is 0.870 bits per heavy atom. The van der Waals surface area contributed by atoms with Gasteiger partial charge in [0.25, 0.3) is 0 Å². The lowest BCUT2D eigenvalue weighted by Gasteiger charge is -2.41. The summed E-state index contributed by atoms with van der Waals surface area (Å²) in [7, 11) is 0. The SMILES string of the molecule is CCC(F)(F)C(F)(F)C(F)(F)C(F)(F)C(F)(F)C(F)(F)CCI. The zero-order chi connectivity index (χ0) is 19.1. The molecule has 0 saturated carbocycles. The maximum atomic E-state index is 13.2. The smallest absolute Gasteiger partial charge is 0.200 e. The highest BCUT2D eigenvalue weighted by molar-refractivity contribution is 14.1. The van der Waals surface area contributed by atoms with Crippen molar-refractivity contribution < 1.29 is 52.7 Å². The summed E-state index contributed by atoms with van der Waals surface area (Å²) in [6.07, 6.45) is -4.16. The molecule has 0 saturated heterocycles. The minimum Gasteiger partial charge on any atom is -0.200 e. The van der Waals surface area contributed by atoms with E-state index in [-0.39, 0.29) is 6.92 Å². The van der Waals surface area contributed by atoms with Gasteiger partial charge in [0.2, 0.25) is 0 Å². The zero-order valence-electron chi connectivity index (χ0n) is 11.0. The van der Waals surface area contributed by atoms with Gasteiger partial charge in [0.1, 0.15) is 0 Å². The Hall–Kier alpha value is -0.110. The fraction of sp³-hybridized carbons (Fsp3) is 1.00. The van der Waals surface area contributed by atoms with Crippen LogP contribution in [0.25, 0.3) is 0 Å². The highest BCUT2D eigenvalue weighted by atomic mass is 127. The van der Waals surface area contributed by atoms with Crippen LogP contribution in [-0.2, 0) is 0 Å². The molecule has 0 bridgehead atoms. The largest absolute Gasteiger partial charge is 0.384 e. The molecule has 0 radical (unpaired) electrons. The fourth-order valence-corrected chi connectivity index (χ4v) is 2.03. The number of alkyl halides is 13. The molecule has 0 aromatic rings. The molecule has 0 rings (SSSR count). The molecular weight excluding hydrogens is 475 g/mol. The van der Waals surface area contributed by atoms with Crippen LogP contribution in [0.2, 0.25) is 0 Å². The Bertz CT molecular complexity index is 416. The maximum absolute atomic E-state index is 13.2. The van der Waals surface area contributed by atoms with Crippen molar-refractivity contribution in [1.82, 2.24) is 0 Å². The molecule has 0 spiro atoms. The third kappa shape index (κ3) is 3.22. The predicted molar refractivity (Wildman–Crippen MR) is 63.5 cm³/mol. The average molecular weight is 484 g/mol. The van der Waals surface area contributed by atoms with Crippen LogP contribution in [0.4, 0.5) is 52.7 Å². The van der Waals surface area contributed by atoms with E-state index in [4.69, 9.17) is 0 Å². The lowest BCUT2D eigenvalue weighted by Crippen LogP contribution is -2.70. The van der Waals surface area contributed by atoms with E-state index in [1.54, 1.807) is 0 Å². The normalized spacial score (nSPS) is 15.9. The molecule has 0 aromatic heterocycles. The minimum absolute atomic E-state index is 0.199. The molecule has 0 amide bonds. The van der Waals surface area contributed by atoms with Gasteiger partial charge in [0.05, 0.1) is 0 Å². The predicted octanol–water partition coefficient (Wildman–Crippen LogP) is 6.03. The monoisotopic (exact) mass is 484 g/mol. The summed E-state index contributed by atoms with van der Waals surface area (Å²) in [5.41, 5.74) is 0. The van der Waals surface area contributed by atoms with Crippen LogP contribution in [0.1, 0.15) is 19.8 Å². The van der Waals surface area contributed by atoms with Gasteiger partial charge in [0.15, 0.2) is 0 Å². The van der Waals surface area contributed by atoms with Crippen LogP contribution in [0.5, 0.6) is 0 Å². The second kappa shape index (κ2) is 6.32. The van der Waals surface area contributed by atoms with Gasteiger partial charge in [-0.3, -0.25) is 0 Å². The summed E-state index contributed by atoms with van der Waals surface area (Å²) in [6, 6.07) is 0. The second-order valence-electron chi connectivity index (χ2n) is 4.50. The number of rotatable bonds is 8. The van der Waals surface area contributed by atoms with E-state index in [1.807, 2.05) is 0 Å². The van der Waals surface area contributed by atoms with Crippen LogP contribution >= 0.6 is 22.6 Å². The van der Waals surface area contributed by atoms with E-state index >= 15 is 0 Å². The molecule has 0 aliphatic rings. The van der Waals surface area contributed by atoms with Crippen LogP contribution < -0.4 is 0 Å². The van der Waals surface area contributed by atoms with Crippen LogP contribution in [0, 0.1) is 0 Å². The van der Waals surface area contributed by atoms with Gasteiger partial charge in [0, 0.05) is 17.3 Å². The van der Waals surface area contributed by atoms with Crippen LogP contribution in [0.15, 0.2) is 0 Å². The summed E-state index contributed by atoms with van der Waals surface area (Å²) in [5.74, 6) is -40.5. The third-order valence-corrected chi connectivity index (χ3v) is 3.49. The molecule has 140 valence electrons. The van der Waals surface area contributed by atoms with Crippen LogP contribution in [-0.4, -0.2) is 40.0 Å². The highest BCUT2D eigenvalue weighted by Gasteiger charge is 2.89. The van der Waals surface area contributed by atoms with Crippen molar-refractivity contribution in [1.29, 1.82) is 0 Å². The third-order valence-electron chi connectivity index (χ3n) is 2.95. The van der Waals surface area contributed by atoms with E-state index in [2.05, 4.69) is 0 Å². The van der Waals surface area contributed by atoms with Crippen molar-refractivity contribution in [2.24, 2.45) is 0 Å². The first-order valence-corrected chi connectivity index (χ1v) is 7.22. The number of hydrogen-bond donors (Lipinski definition) is 0. The Labute approximate surface area is 135 Å². The molecule has 0 fully saturated rings. The first-order valence-electron chi connectivity index (χ1n) is 5.70. The van der Waals surface area contributed by atoms with Crippen LogP contribution in [0.3, 0.4) is 0 Å². The average Bonchev–Trinajstić information content (AvgIpc) is 2.37. The fourth-order valence-electron chi connectivity index (χ4n) is 1.35. The molecule has 0 atom stereocenters. The summed E-state index contributed by atoms with van der Waals surface area (Å²) >= 11 is 1.02. The van der Waals surface area contributed by atoms with Gasteiger partial charge < -0.3 is 0 Å². The second-order valence-corrected chi connectivity index (χ2v) is 5.58. The van der Waals surface area contributed by atoms with Gasteiger partial charge in [-0.15, -0.1) is 0 Å². The van der Waals surface area contributed by atoms with Crippen molar-refractivity contribution in [3.63, 3.8) is 0 Å². The Morgan fingerprint density at radius 3 is 1.13 bits per heavy atom. The van der Waals surface area contributed by atoms with Crippen molar-refractivity contribution in [2.75, 3.05) is 4.43 Å². The topological polar surface area (TPSA) is 0 Å². The molecule has 0 aliphatic heterocycles. The standard InChI is InChI=1S/C10H9F12I/c1-2-5(11,12)7(15,16)9(19,20)10(21,22)8(17,18)6(13,14)3-4-23/h2-4H2,1H3. The quantitative estimate of drug-likeness (QED) is 0.224. The zero-order valence-corrected chi connectivity index (χ0v) is 13.2. The summed E-state index contributed by atoms with van der Waals surface area (Å²) in [4.78, 5) is 0. The highest BCUT2D eigenvalue weighted by Crippen LogP contribution is 2.60. The van der Waals surface area contributed by atoms with Crippen molar-refractivity contribution in [3.8, 4) is 0 Å². The molecule has 0 aromatic carbocycles. The van der Waals surface area contributed by atoms with E-state index in [1.165, 1.54) is 0 Å². The van der Waals surface area contributed by atoms with Gasteiger partial charge in [-0.2, -0.15) is 52.7 Å². The molecule has 0 aliphatic carbocycles. The minimum atomic E-state index is -7.43. The summed E-state index contributed by atoms with van der Waals surface area (Å²) in [6.45, 7) is 0.199. The van der Waals surface area contributed by atoms with Gasteiger partial charge >= 0.3 is 35.5 Å². The molecular formula is C10H9F12I. The first-order chi connectivity index (χ1) is 9.87. The molecule has 0 nitrogen and oxygen atoms in total. The summed E-state index contributed by atoms with van der Waals surface area (Å²) < 4.78 is 156. The Morgan fingerprint density at radius 1 is 0.565 bits per heavy atom. The maximum Gasteiger partial charge on any atom is 0.384 e. The number of halogens is 13. The molecule has 0 unspecified atom stereocenters. The molecule has 0 heterocycles. The molecule has 13 heteroatoms. The van der Waals surface area contributed by atoms with E-state index < -0.39 is 52.8 Å². The van der Waals surface area contributed by atoms with E-state index in [0.717, 1.165) is 22.6 Å². The van der Waals surface area contributed by atoms with Gasteiger partial charge in [-0.1, -0.05) is 29.5 Å². The van der Waals surface area contributed by atoms with E-state index in [0.29, 0.717) is 0 Å². The lowest BCUT2D eigenvalue weighted by atomic mass is 9.90.